The van der Waals surface area contributed by atoms with Crippen molar-refractivity contribution >= 4 is 0 Å². The van der Waals surface area contributed by atoms with Crippen molar-refractivity contribution < 1.29 is 0 Å². The minimum absolute atomic E-state index is 0.623. The topological polar surface area (TPSA) is 37.8 Å². The van der Waals surface area contributed by atoms with Gasteiger partial charge in [0.1, 0.15) is 5.82 Å². The monoisotopic (exact) mass is 245 g/mol. The predicted molar refractivity (Wildman–Crippen MR) is 72.9 cm³/mol. The second-order valence-corrected chi connectivity index (χ2v) is 5.84. The van der Waals surface area contributed by atoms with Crippen molar-refractivity contribution in [3.8, 4) is 0 Å². The van der Waals surface area contributed by atoms with E-state index in [9.17, 15) is 0 Å². The summed E-state index contributed by atoms with van der Waals surface area (Å²) in [5, 5.41) is 3.44. The molecule has 2 fully saturated rings. The molecule has 1 aromatic rings. The molecular weight excluding hydrogens is 222 g/mol. The van der Waals surface area contributed by atoms with Crippen LogP contribution in [0.2, 0.25) is 0 Å². The van der Waals surface area contributed by atoms with Crippen molar-refractivity contribution in [3.05, 3.63) is 22.8 Å². The SMILES string of the molecule is Cc1nc(C2CCCC2)nc(C)c1C1CCNC1. The molecule has 1 atom stereocenters. The van der Waals surface area contributed by atoms with E-state index in [1.807, 2.05) is 0 Å². The molecule has 1 unspecified atom stereocenters. The van der Waals surface area contributed by atoms with Crippen molar-refractivity contribution in [2.24, 2.45) is 0 Å². The molecule has 98 valence electrons. The molecule has 1 aliphatic heterocycles. The summed E-state index contributed by atoms with van der Waals surface area (Å²) in [6.07, 6.45) is 6.49. The molecule has 3 rings (SSSR count). The maximum atomic E-state index is 4.82. The molecule has 2 heterocycles. The summed E-state index contributed by atoms with van der Waals surface area (Å²) >= 11 is 0. The summed E-state index contributed by atoms with van der Waals surface area (Å²) in [7, 11) is 0. The van der Waals surface area contributed by atoms with Gasteiger partial charge >= 0.3 is 0 Å². The fourth-order valence-corrected chi connectivity index (χ4v) is 3.61. The van der Waals surface area contributed by atoms with Gasteiger partial charge in [0.15, 0.2) is 0 Å². The Morgan fingerprint density at radius 2 is 1.61 bits per heavy atom. The predicted octanol–water partition coefficient (Wildman–Crippen LogP) is 2.83. The number of aryl methyl sites for hydroxylation is 2. The summed E-state index contributed by atoms with van der Waals surface area (Å²) in [4.78, 5) is 9.64. The molecule has 0 spiro atoms. The smallest absolute Gasteiger partial charge is 0.131 e. The van der Waals surface area contributed by atoms with Crippen LogP contribution >= 0.6 is 0 Å². The molecule has 0 amide bonds. The summed E-state index contributed by atoms with van der Waals surface area (Å²) in [5.74, 6) is 2.36. The van der Waals surface area contributed by atoms with Crippen molar-refractivity contribution in [1.82, 2.24) is 15.3 Å². The van der Waals surface area contributed by atoms with E-state index in [4.69, 9.17) is 9.97 Å². The van der Waals surface area contributed by atoms with E-state index in [2.05, 4.69) is 19.2 Å². The Morgan fingerprint density at radius 1 is 0.944 bits per heavy atom. The van der Waals surface area contributed by atoms with E-state index < -0.39 is 0 Å². The highest BCUT2D eigenvalue weighted by Gasteiger charge is 2.25. The standard InChI is InChI=1S/C15H23N3/c1-10-14(13-7-8-16-9-13)11(2)18-15(17-10)12-5-3-4-6-12/h12-13,16H,3-9H2,1-2H3. The first kappa shape index (κ1) is 12.1. The highest BCUT2D eigenvalue weighted by molar-refractivity contribution is 5.30. The van der Waals surface area contributed by atoms with Gasteiger partial charge in [-0.25, -0.2) is 9.97 Å². The molecule has 18 heavy (non-hydrogen) atoms. The highest BCUT2D eigenvalue weighted by Crippen LogP contribution is 2.34. The Morgan fingerprint density at radius 3 is 2.17 bits per heavy atom. The summed E-state index contributed by atoms with van der Waals surface area (Å²) in [6.45, 7) is 6.56. The molecule has 0 radical (unpaired) electrons. The summed E-state index contributed by atoms with van der Waals surface area (Å²) < 4.78 is 0. The van der Waals surface area contributed by atoms with Gasteiger partial charge in [0, 0.05) is 29.8 Å². The van der Waals surface area contributed by atoms with Crippen LogP contribution in [-0.4, -0.2) is 23.1 Å². The normalized spacial score (nSPS) is 24.9. The third-order valence-corrected chi connectivity index (χ3v) is 4.53. The Hall–Kier alpha value is -0.960. The number of nitrogens with one attached hydrogen (secondary N) is 1. The zero-order valence-electron chi connectivity index (χ0n) is 11.5. The first-order valence-electron chi connectivity index (χ1n) is 7.31. The first-order valence-corrected chi connectivity index (χ1v) is 7.31. The molecule has 0 bridgehead atoms. The minimum atomic E-state index is 0.623. The maximum absolute atomic E-state index is 4.82. The lowest BCUT2D eigenvalue weighted by Gasteiger charge is -2.17. The summed E-state index contributed by atoms with van der Waals surface area (Å²) in [6, 6.07) is 0. The van der Waals surface area contributed by atoms with E-state index in [0.717, 1.165) is 18.9 Å². The maximum Gasteiger partial charge on any atom is 0.131 e. The van der Waals surface area contributed by atoms with Crippen LogP contribution in [-0.2, 0) is 0 Å². The van der Waals surface area contributed by atoms with Gasteiger partial charge in [-0.15, -0.1) is 0 Å². The zero-order valence-corrected chi connectivity index (χ0v) is 11.5. The number of aromatic nitrogens is 2. The number of hydrogen-bond acceptors (Lipinski definition) is 3. The number of rotatable bonds is 2. The molecule has 2 aliphatic rings. The number of hydrogen-bond donors (Lipinski definition) is 1. The largest absolute Gasteiger partial charge is 0.316 e. The third-order valence-electron chi connectivity index (χ3n) is 4.53. The van der Waals surface area contributed by atoms with Gasteiger partial charge in [0.25, 0.3) is 0 Å². The Labute approximate surface area is 109 Å². The van der Waals surface area contributed by atoms with Gasteiger partial charge in [0.05, 0.1) is 0 Å². The molecule has 3 heteroatoms. The Balaban J connectivity index is 1.92. The fraction of sp³-hybridized carbons (Fsp3) is 0.733. The molecule has 1 N–H and O–H groups in total. The molecule has 1 saturated carbocycles. The summed E-state index contributed by atoms with van der Waals surface area (Å²) in [5.41, 5.74) is 3.85. The van der Waals surface area contributed by atoms with Crippen molar-refractivity contribution in [3.63, 3.8) is 0 Å². The van der Waals surface area contributed by atoms with Crippen LogP contribution in [0, 0.1) is 13.8 Å². The van der Waals surface area contributed by atoms with Crippen LogP contribution in [0.25, 0.3) is 0 Å². The van der Waals surface area contributed by atoms with Crippen LogP contribution in [0.15, 0.2) is 0 Å². The molecule has 1 aliphatic carbocycles. The lowest BCUT2D eigenvalue weighted by atomic mass is 9.95. The minimum Gasteiger partial charge on any atom is -0.316 e. The second kappa shape index (κ2) is 4.96. The van der Waals surface area contributed by atoms with Crippen molar-refractivity contribution in [2.45, 2.75) is 57.8 Å². The quantitative estimate of drug-likeness (QED) is 0.870. The van der Waals surface area contributed by atoms with Crippen molar-refractivity contribution in [1.29, 1.82) is 0 Å². The van der Waals surface area contributed by atoms with Gasteiger partial charge in [-0.1, -0.05) is 12.8 Å². The van der Waals surface area contributed by atoms with E-state index in [0.29, 0.717) is 11.8 Å². The fourth-order valence-electron chi connectivity index (χ4n) is 3.61. The van der Waals surface area contributed by atoms with E-state index in [1.165, 1.54) is 49.1 Å². The van der Waals surface area contributed by atoms with Crippen LogP contribution in [0.3, 0.4) is 0 Å². The van der Waals surface area contributed by atoms with Gasteiger partial charge in [-0.05, 0) is 45.2 Å². The first-order chi connectivity index (χ1) is 8.75. The van der Waals surface area contributed by atoms with Gasteiger partial charge in [0.2, 0.25) is 0 Å². The van der Waals surface area contributed by atoms with Gasteiger partial charge < -0.3 is 5.32 Å². The zero-order chi connectivity index (χ0) is 12.5. The van der Waals surface area contributed by atoms with Gasteiger partial charge in [-0.3, -0.25) is 0 Å². The van der Waals surface area contributed by atoms with Gasteiger partial charge in [-0.2, -0.15) is 0 Å². The van der Waals surface area contributed by atoms with Crippen LogP contribution in [0.5, 0.6) is 0 Å². The highest BCUT2D eigenvalue weighted by atomic mass is 14.9. The van der Waals surface area contributed by atoms with E-state index >= 15 is 0 Å². The average molecular weight is 245 g/mol. The lowest BCUT2D eigenvalue weighted by Crippen LogP contribution is -2.13. The van der Waals surface area contributed by atoms with Crippen LogP contribution in [0.1, 0.15) is 66.7 Å². The average Bonchev–Trinajstić information content (AvgIpc) is 3.01. The molecule has 1 saturated heterocycles. The molecule has 1 aromatic heterocycles. The van der Waals surface area contributed by atoms with Crippen LogP contribution in [0.4, 0.5) is 0 Å². The Bertz CT molecular complexity index is 406. The van der Waals surface area contributed by atoms with Crippen molar-refractivity contribution in [2.75, 3.05) is 13.1 Å². The lowest BCUT2D eigenvalue weighted by molar-refractivity contribution is 0.645. The Kier molecular flexibility index (Phi) is 3.33. The number of nitrogens with zero attached hydrogens (tertiary/aromatic N) is 2. The molecular formula is C15H23N3. The van der Waals surface area contributed by atoms with Crippen LogP contribution < -0.4 is 5.32 Å². The molecule has 3 nitrogen and oxygen atoms in total. The van der Waals surface area contributed by atoms with E-state index in [-0.39, 0.29) is 0 Å². The second-order valence-electron chi connectivity index (χ2n) is 5.84. The van der Waals surface area contributed by atoms with E-state index in [1.54, 1.807) is 0 Å². The third kappa shape index (κ3) is 2.16. The molecule has 0 aromatic carbocycles.